The summed E-state index contributed by atoms with van der Waals surface area (Å²) in [6.07, 6.45) is 0. The van der Waals surface area contributed by atoms with Crippen molar-refractivity contribution in [3.8, 4) is 5.75 Å². The number of rotatable bonds is 2. The molecular weight excluding hydrogens is 217 g/mol. The highest BCUT2D eigenvalue weighted by Gasteiger charge is 2.17. The zero-order valence-corrected chi connectivity index (χ0v) is 7.84. The zero-order chi connectivity index (χ0) is 10.0. The first-order valence-electron chi connectivity index (χ1n) is 3.28. The van der Waals surface area contributed by atoms with E-state index in [0.29, 0.717) is 0 Å². The lowest BCUT2D eigenvalue weighted by Crippen LogP contribution is -1.91. The molecule has 0 aliphatic rings. The number of phenolic OH excluding ortho intramolecular Hbond substituents is 1. The third-order valence-corrected chi connectivity index (χ3v) is 1.98. The molecular formula is C7H5Cl2NO3. The van der Waals surface area contributed by atoms with E-state index in [4.69, 9.17) is 23.2 Å². The van der Waals surface area contributed by atoms with E-state index >= 15 is 0 Å². The van der Waals surface area contributed by atoms with E-state index in [2.05, 4.69) is 0 Å². The second-order valence-corrected chi connectivity index (χ2v) is 3.03. The highest BCUT2D eigenvalue weighted by Crippen LogP contribution is 2.33. The van der Waals surface area contributed by atoms with Crippen molar-refractivity contribution in [3.05, 3.63) is 32.8 Å². The predicted octanol–water partition coefficient (Wildman–Crippen LogP) is 2.69. The van der Waals surface area contributed by atoms with Gasteiger partial charge in [-0.1, -0.05) is 11.6 Å². The van der Waals surface area contributed by atoms with Crippen molar-refractivity contribution in [1.29, 1.82) is 0 Å². The average Bonchev–Trinajstić information content (AvgIpc) is 2.08. The van der Waals surface area contributed by atoms with Crippen LogP contribution in [0.25, 0.3) is 0 Å². The fourth-order valence-corrected chi connectivity index (χ4v) is 1.32. The molecule has 0 radical (unpaired) electrons. The Morgan fingerprint density at radius 3 is 2.62 bits per heavy atom. The Labute approximate surface area is 83.9 Å². The first kappa shape index (κ1) is 10.1. The molecule has 0 heterocycles. The van der Waals surface area contributed by atoms with E-state index in [9.17, 15) is 15.2 Å². The maximum atomic E-state index is 10.4. The molecule has 0 atom stereocenters. The van der Waals surface area contributed by atoms with Gasteiger partial charge in [0.1, 0.15) is 0 Å². The molecule has 0 unspecified atom stereocenters. The van der Waals surface area contributed by atoms with Gasteiger partial charge in [0, 0.05) is 16.7 Å². The monoisotopic (exact) mass is 221 g/mol. The van der Waals surface area contributed by atoms with Crippen LogP contribution in [-0.2, 0) is 5.88 Å². The Hall–Kier alpha value is -1.00. The number of aromatic hydroxyl groups is 1. The van der Waals surface area contributed by atoms with E-state index in [1.54, 1.807) is 0 Å². The first-order chi connectivity index (χ1) is 6.06. The molecule has 1 rings (SSSR count). The van der Waals surface area contributed by atoms with Gasteiger partial charge in [0.05, 0.1) is 10.8 Å². The van der Waals surface area contributed by atoms with Gasteiger partial charge >= 0.3 is 5.69 Å². The Morgan fingerprint density at radius 2 is 2.15 bits per heavy atom. The van der Waals surface area contributed by atoms with Crippen molar-refractivity contribution in [1.82, 2.24) is 0 Å². The molecule has 6 heteroatoms. The van der Waals surface area contributed by atoms with Crippen LogP contribution in [0.15, 0.2) is 12.1 Å². The van der Waals surface area contributed by atoms with Crippen LogP contribution in [0, 0.1) is 10.1 Å². The molecule has 13 heavy (non-hydrogen) atoms. The topological polar surface area (TPSA) is 63.4 Å². The summed E-state index contributed by atoms with van der Waals surface area (Å²) >= 11 is 11.0. The van der Waals surface area contributed by atoms with Gasteiger partial charge in [-0.2, -0.15) is 0 Å². The van der Waals surface area contributed by atoms with Crippen molar-refractivity contribution in [3.63, 3.8) is 0 Å². The Bertz CT molecular complexity index is 354. The predicted molar refractivity (Wildman–Crippen MR) is 49.3 cm³/mol. The number of nitro benzene ring substituents is 1. The van der Waals surface area contributed by atoms with Gasteiger partial charge in [-0.15, -0.1) is 11.6 Å². The number of hydrogen-bond donors (Lipinski definition) is 1. The van der Waals surface area contributed by atoms with Gasteiger partial charge in [-0.3, -0.25) is 10.1 Å². The molecule has 0 saturated carbocycles. The first-order valence-corrected chi connectivity index (χ1v) is 4.19. The number of nitrogens with zero attached hydrogens (tertiary/aromatic N) is 1. The van der Waals surface area contributed by atoms with Crippen molar-refractivity contribution in [2.75, 3.05) is 0 Å². The summed E-state index contributed by atoms with van der Waals surface area (Å²) < 4.78 is 0. The van der Waals surface area contributed by atoms with E-state index < -0.39 is 16.4 Å². The summed E-state index contributed by atoms with van der Waals surface area (Å²) in [5, 5.41) is 19.9. The van der Waals surface area contributed by atoms with Crippen LogP contribution in [0.3, 0.4) is 0 Å². The minimum Gasteiger partial charge on any atom is -0.502 e. The van der Waals surface area contributed by atoms with Crippen molar-refractivity contribution in [2.45, 2.75) is 5.88 Å². The minimum absolute atomic E-state index is 0.0206. The highest BCUT2D eigenvalue weighted by molar-refractivity contribution is 6.31. The molecule has 70 valence electrons. The Balaban J connectivity index is 3.35. The maximum absolute atomic E-state index is 10.4. The average molecular weight is 222 g/mol. The highest BCUT2D eigenvalue weighted by atomic mass is 35.5. The molecule has 0 saturated heterocycles. The van der Waals surface area contributed by atoms with Gasteiger partial charge in [-0.25, -0.2) is 0 Å². The van der Waals surface area contributed by atoms with E-state index in [1.807, 2.05) is 0 Å². The lowest BCUT2D eigenvalue weighted by atomic mass is 10.2. The number of nitro groups is 1. The zero-order valence-electron chi connectivity index (χ0n) is 6.33. The van der Waals surface area contributed by atoms with E-state index in [-0.39, 0.29) is 16.5 Å². The number of alkyl halides is 1. The van der Waals surface area contributed by atoms with Gasteiger partial charge in [0.25, 0.3) is 0 Å². The second-order valence-electron chi connectivity index (χ2n) is 2.32. The molecule has 0 amide bonds. The summed E-state index contributed by atoms with van der Waals surface area (Å²) in [5.74, 6) is -0.447. The third kappa shape index (κ3) is 2.02. The molecule has 0 aliphatic heterocycles. The van der Waals surface area contributed by atoms with Crippen LogP contribution in [-0.4, -0.2) is 10.0 Å². The van der Waals surface area contributed by atoms with E-state index in [1.165, 1.54) is 6.07 Å². The number of halogens is 2. The summed E-state index contributed by atoms with van der Waals surface area (Å²) in [6, 6.07) is 2.46. The largest absolute Gasteiger partial charge is 0.502 e. The van der Waals surface area contributed by atoms with Crippen LogP contribution < -0.4 is 0 Å². The van der Waals surface area contributed by atoms with Crippen LogP contribution in [0.5, 0.6) is 5.75 Å². The normalized spacial score (nSPS) is 10.0. The van der Waals surface area contributed by atoms with Gasteiger partial charge < -0.3 is 5.11 Å². The molecule has 0 bridgehead atoms. The number of benzene rings is 1. The Morgan fingerprint density at radius 1 is 1.54 bits per heavy atom. The summed E-state index contributed by atoms with van der Waals surface area (Å²) in [5.41, 5.74) is -0.177. The van der Waals surface area contributed by atoms with Gasteiger partial charge in [0.15, 0.2) is 5.75 Å². The molecule has 0 fully saturated rings. The van der Waals surface area contributed by atoms with Gasteiger partial charge in [-0.05, 0) is 6.07 Å². The van der Waals surface area contributed by atoms with Crippen LogP contribution in [0.4, 0.5) is 5.69 Å². The van der Waals surface area contributed by atoms with Gasteiger partial charge in [0.2, 0.25) is 0 Å². The fourth-order valence-electron chi connectivity index (χ4n) is 0.881. The Kier molecular flexibility index (Phi) is 2.95. The minimum atomic E-state index is -0.711. The summed E-state index contributed by atoms with van der Waals surface area (Å²) in [7, 11) is 0. The standard InChI is InChI=1S/C7H5Cl2NO3/c8-3-4-1-5(9)2-6(7(4)11)10(12)13/h1-2,11H,3H2. The quantitative estimate of drug-likeness (QED) is 0.475. The van der Waals surface area contributed by atoms with Crippen LogP contribution in [0.1, 0.15) is 5.56 Å². The third-order valence-electron chi connectivity index (χ3n) is 1.47. The lowest BCUT2D eigenvalue weighted by Gasteiger charge is -2.01. The molecule has 0 spiro atoms. The van der Waals surface area contributed by atoms with Crippen molar-refractivity contribution in [2.24, 2.45) is 0 Å². The lowest BCUT2D eigenvalue weighted by molar-refractivity contribution is -0.385. The van der Waals surface area contributed by atoms with Crippen LogP contribution >= 0.6 is 23.2 Å². The maximum Gasteiger partial charge on any atom is 0.312 e. The van der Waals surface area contributed by atoms with Crippen molar-refractivity contribution < 1.29 is 10.0 Å². The smallest absolute Gasteiger partial charge is 0.312 e. The molecule has 0 aromatic heterocycles. The summed E-state index contributed by atoms with van der Waals surface area (Å²) in [6.45, 7) is 0. The molecule has 1 aromatic rings. The molecule has 0 aliphatic carbocycles. The summed E-state index contributed by atoms with van der Waals surface area (Å²) in [4.78, 5) is 9.67. The van der Waals surface area contributed by atoms with E-state index in [0.717, 1.165) is 6.07 Å². The number of phenols is 1. The molecule has 1 N–H and O–H groups in total. The second kappa shape index (κ2) is 3.81. The van der Waals surface area contributed by atoms with Crippen molar-refractivity contribution >= 4 is 28.9 Å². The van der Waals surface area contributed by atoms with Crippen LogP contribution in [0.2, 0.25) is 5.02 Å². The molecule has 4 nitrogen and oxygen atoms in total. The fraction of sp³-hybridized carbons (Fsp3) is 0.143. The number of hydrogen-bond acceptors (Lipinski definition) is 3. The SMILES string of the molecule is O=[N+]([O-])c1cc(Cl)cc(CCl)c1O. The molecule has 1 aromatic carbocycles.